The van der Waals surface area contributed by atoms with Crippen molar-refractivity contribution in [1.29, 1.82) is 0 Å². The first-order chi connectivity index (χ1) is 14.5. The van der Waals surface area contributed by atoms with E-state index in [0.717, 1.165) is 43.0 Å². The summed E-state index contributed by atoms with van der Waals surface area (Å²) in [5.41, 5.74) is 1.40. The van der Waals surface area contributed by atoms with Gasteiger partial charge in [-0.1, -0.05) is 59.2 Å². The average Bonchev–Trinajstić information content (AvgIpc) is 3.11. The average molecular weight is 485 g/mol. The molecule has 30 heavy (non-hydrogen) atoms. The fraction of sp³-hybridized carbons (Fsp3) is 0.300. The van der Waals surface area contributed by atoms with Crippen LogP contribution in [-0.4, -0.2) is 25.7 Å². The first-order valence-corrected chi connectivity index (χ1v) is 11.0. The smallest absolute Gasteiger partial charge is 0.275 e. The number of nitrogens with one attached hydrogen (secondary N) is 1. The summed E-state index contributed by atoms with van der Waals surface area (Å²) in [6, 6.07) is 7.35. The number of carbonyl (C=O) groups excluding carboxylic acids is 1. The predicted molar refractivity (Wildman–Crippen MR) is 120 cm³/mol. The van der Waals surface area contributed by atoms with E-state index >= 15 is 0 Å². The zero-order chi connectivity index (χ0) is 21.3. The molecule has 1 aliphatic rings. The quantitative estimate of drug-likeness (QED) is 0.441. The molecule has 6 nitrogen and oxygen atoms in total. The van der Waals surface area contributed by atoms with Gasteiger partial charge in [0.1, 0.15) is 16.7 Å². The van der Waals surface area contributed by atoms with Crippen molar-refractivity contribution in [2.24, 2.45) is 0 Å². The summed E-state index contributed by atoms with van der Waals surface area (Å²) in [6.07, 6.45) is 5.66. The number of carbonyl (C=O) groups is 1. The largest absolute Gasteiger partial charge is 0.321 e. The van der Waals surface area contributed by atoms with E-state index in [4.69, 9.17) is 46.4 Å². The summed E-state index contributed by atoms with van der Waals surface area (Å²) in [5, 5.41) is 11.3. The number of pyridine rings is 1. The standard InChI is InChI=1S/C20H17Cl4N5O/c21-14-15(22)17(26-18(24)16(14)23)20(30)25-12-8-6-11(7-9-12)19-28-27-13-5-3-1-2-4-10-29(13)19/h6-9H,1-5,10H2,(H,25,30). The number of aryl methyl sites for hydroxylation is 1. The molecule has 0 radical (unpaired) electrons. The zero-order valence-electron chi connectivity index (χ0n) is 15.8. The van der Waals surface area contributed by atoms with Gasteiger partial charge in [-0.2, -0.15) is 0 Å². The second-order valence-electron chi connectivity index (χ2n) is 6.98. The molecule has 0 fully saturated rings. The Bertz CT molecular complexity index is 1100. The molecule has 0 saturated heterocycles. The molecule has 0 spiro atoms. The number of fused-ring (bicyclic) bond motifs is 1. The van der Waals surface area contributed by atoms with Crippen LogP contribution in [0.1, 0.15) is 42.0 Å². The highest BCUT2D eigenvalue weighted by Crippen LogP contribution is 2.36. The van der Waals surface area contributed by atoms with Crippen LogP contribution >= 0.6 is 46.4 Å². The molecule has 3 aromatic rings. The molecular formula is C20H17Cl4N5O. The molecule has 0 saturated carbocycles. The Balaban J connectivity index is 1.55. The number of halogens is 4. The van der Waals surface area contributed by atoms with Crippen LogP contribution in [0.5, 0.6) is 0 Å². The third kappa shape index (κ3) is 4.28. The van der Waals surface area contributed by atoms with Gasteiger partial charge >= 0.3 is 0 Å². The van der Waals surface area contributed by atoms with Crippen LogP contribution in [0.25, 0.3) is 11.4 Å². The minimum atomic E-state index is -0.541. The maximum absolute atomic E-state index is 12.6. The van der Waals surface area contributed by atoms with E-state index in [0.29, 0.717) is 5.69 Å². The number of rotatable bonds is 3. The van der Waals surface area contributed by atoms with E-state index in [9.17, 15) is 4.79 Å². The molecule has 2 aromatic heterocycles. The summed E-state index contributed by atoms with van der Waals surface area (Å²) in [4.78, 5) is 16.5. The van der Waals surface area contributed by atoms with Gasteiger partial charge in [-0.3, -0.25) is 4.79 Å². The molecule has 156 valence electrons. The molecule has 0 bridgehead atoms. The van der Waals surface area contributed by atoms with E-state index in [1.165, 1.54) is 12.8 Å². The van der Waals surface area contributed by atoms with E-state index in [2.05, 4.69) is 25.1 Å². The molecule has 0 aliphatic carbocycles. The molecule has 0 unspecified atom stereocenters. The summed E-state index contributed by atoms with van der Waals surface area (Å²) in [6.45, 7) is 0.915. The predicted octanol–water partition coefficient (Wildman–Crippen LogP) is 6.32. The van der Waals surface area contributed by atoms with Crippen molar-refractivity contribution >= 4 is 58.0 Å². The Morgan fingerprint density at radius 2 is 1.63 bits per heavy atom. The van der Waals surface area contributed by atoms with Crippen LogP contribution in [0.4, 0.5) is 5.69 Å². The van der Waals surface area contributed by atoms with Crippen LogP contribution in [-0.2, 0) is 13.0 Å². The normalized spacial score (nSPS) is 14.0. The number of amides is 1. The van der Waals surface area contributed by atoms with Crippen molar-refractivity contribution in [3.8, 4) is 11.4 Å². The Kier molecular flexibility index (Phi) is 6.48. The molecule has 1 amide bonds. The SMILES string of the molecule is O=C(Nc1ccc(-c2nnc3n2CCCCCC3)cc1)c1nc(Cl)c(Cl)c(Cl)c1Cl. The number of benzene rings is 1. The zero-order valence-corrected chi connectivity index (χ0v) is 18.8. The third-order valence-electron chi connectivity index (χ3n) is 4.96. The summed E-state index contributed by atoms with van der Waals surface area (Å²) < 4.78 is 2.19. The van der Waals surface area contributed by atoms with Gasteiger partial charge in [0.25, 0.3) is 5.91 Å². The van der Waals surface area contributed by atoms with Gasteiger partial charge in [0.15, 0.2) is 5.82 Å². The van der Waals surface area contributed by atoms with Gasteiger partial charge in [-0.25, -0.2) is 4.98 Å². The lowest BCUT2D eigenvalue weighted by atomic mass is 10.1. The summed E-state index contributed by atoms with van der Waals surface area (Å²) in [7, 11) is 0. The van der Waals surface area contributed by atoms with Crippen molar-refractivity contribution in [3.05, 3.63) is 56.0 Å². The second kappa shape index (κ2) is 9.10. The minimum absolute atomic E-state index is 0.00683. The van der Waals surface area contributed by atoms with E-state index < -0.39 is 5.91 Å². The Hall–Kier alpha value is -1.86. The van der Waals surface area contributed by atoms with Crippen molar-refractivity contribution in [1.82, 2.24) is 19.7 Å². The number of nitrogens with zero attached hydrogens (tertiary/aromatic N) is 4. The lowest BCUT2D eigenvalue weighted by Crippen LogP contribution is -2.15. The number of hydrogen-bond donors (Lipinski definition) is 1. The van der Waals surface area contributed by atoms with Crippen molar-refractivity contribution in [3.63, 3.8) is 0 Å². The topological polar surface area (TPSA) is 72.7 Å². The van der Waals surface area contributed by atoms with Crippen LogP contribution in [0.15, 0.2) is 24.3 Å². The molecule has 10 heteroatoms. The maximum atomic E-state index is 12.6. The first-order valence-electron chi connectivity index (χ1n) is 9.49. The number of anilines is 1. The maximum Gasteiger partial charge on any atom is 0.275 e. The van der Waals surface area contributed by atoms with E-state index in [1.807, 2.05) is 12.1 Å². The monoisotopic (exact) mass is 483 g/mol. The minimum Gasteiger partial charge on any atom is -0.321 e. The fourth-order valence-electron chi connectivity index (χ4n) is 3.41. The fourth-order valence-corrected chi connectivity index (χ4v) is 4.22. The number of hydrogen-bond acceptors (Lipinski definition) is 4. The van der Waals surface area contributed by atoms with Crippen LogP contribution in [0, 0.1) is 0 Å². The van der Waals surface area contributed by atoms with Gasteiger partial charge in [0, 0.05) is 24.2 Å². The molecule has 0 atom stereocenters. The Morgan fingerprint density at radius 3 is 2.40 bits per heavy atom. The lowest BCUT2D eigenvalue weighted by molar-refractivity contribution is 0.102. The Labute approximate surface area is 193 Å². The lowest BCUT2D eigenvalue weighted by Gasteiger charge is -2.13. The molecule has 1 N–H and O–H groups in total. The van der Waals surface area contributed by atoms with Crippen LogP contribution in [0.2, 0.25) is 20.2 Å². The van der Waals surface area contributed by atoms with Gasteiger partial charge in [-0.15, -0.1) is 10.2 Å². The van der Waals surface area contributed by atoms with Crippen molar-refractivity contribution in [2.75, 3.05) is 5.32 Å². The van der Waals surface area contributed by atoms with Crippen LogP contribution < -0.4 is 5.32 Å². The third-order valence-corrected chi connectivity index (χ3v) is 6.64. The highest BCUT2D eigenvalue weighted by molar-refractivity contribution is 6.52. The van der Waals surface area contributed by atoms with Crippen molar-refractivity contribution in [2.45, 2.75) is 38.6 Å². The van der Waals surface area contributed by atoms with Gasteiger partial charge in [-0.05, 0) is 37.1 Å². The van der Waals surface area contributed by atoms with Gasteiger partial charge < -0.3 is 9.88 Å². The van der Waals surface area contributed by atoms with Crippen LogP contribution in [0.3, 0.4) is 0 Å². The second-order valence-corrected chi connectivity index (χ2v) is 8.47. The molecule has 3 heterocycles. The highest BCUT2D eigenvalue weighted by atomic mass is 35.5. The van der Waals surface area contributed by atoms with E-state index in [1.54, 1.807) is 12.1 Å². The molecule has 4 rings (SSSR count). The Morgan fingerprint density at radius 1 is 0.900 bits per heavy atom. The van der Waals surface area contributed by atoms with Crippen molar-refractivity contribution < 1.29 is 4.79 Å². The molecule has 1 aliphatic heterocycles. The summed E-state index contributed by atoms with van der Waals surface area (Å²) >= 11 is 23.9. The molecular weight excluding hydrogens is 468 g/mol. The highest BCUT2D eigenvalue weighted by Gasteiger charge is 2.21. The molecule has 1 aromatic carbocycles. The van der Waals surface area contributed by atoms with E-state index in [-0.39, 0.29) is 25.9 Å². The van der Waals surface area contributed by atoms with Gasteiger partial charge in [0.2, 0.25) is 0 Å². The number of aromatic nitrogens is 4. The van der Waals surface area contributed by atoms with Gasteiger partial charge in [0.05, 0.1) is 15.1 Å². The summed E-state index contributed by atoms with van der Waals surface area (Å²) in [5.74, 6) is 1.32. The first kappa shape index (κ1) is 21.4.